The van der Waals surface area contributed by atoms with E-state index in [1.54, 1.807) is 0 Å². The number of halogens is 1. The Hall–Kier alpha value is -1.88. The number of anilines is 3. The average Bonchev–Trinajstić information content (AvgIpc) is 2.28. The van der Waals surface area contributed by atoms with Gasteiger partial charge in [0.05, 0.1) is 11.4 Å². The van der Waals surface area contributed by atoms with Crippen molar-refractivity contribution in [3.63, 3.8) is 0 Å². The lowest BCUT2D eigenvalue weighted by Gasteiger charge is -2.10. The summed E-state index contributed by atoms with van der Waals surface area (Å²) in [6, 6.07) is 3.83. The van der Waals surface area contributed by atoms with Gasteiger partial charge < -0.3 is 11.1 Å². The molecule has 17 heavy (non-hydrogen) atoms. The molecule has 0 aliphatic carbocycles. The van der Waals surface area contributed by atoms with Crippen molar-refractivity contribution in [3.8, 4) is 0 Å². The maximum absolute atomic E-state index is 5.99. The molecule has 0 fully saturated rings. The molecule has 2 aromatic rings. The Bertz CT molecular complexity index is 556. The Morgan fingerprint density at radius 3 is 2.71 bits per heavy atom. The van der Waals surface area contributed by atoms with Crippen LogP contribution in [0, 0.1) is 13.8 Å². The molecular weight excluding hydrogens is 238 g/mol. The second-order valence-corrected chi connectivity index (χ2v) is 4.01. The smallest absolute Gasteiger partial charge is 0.154 e. The summed E-state index contributed by atoms with van der Waals surface area (Å²) in [6.45, 7) is 3.85. The molecule has 88 valence electrons. The van der Waals surface area contributed by atoms with Crippen LogP contribution in [0.3, 0.4) is 0 Å². The third-order valence-electron chi connectivity index (χ3n) is 2.29. The van der Waals surface area contributed by atoms with E-state index in [1.807, 2.05) is 26.0 Å². The molecule has 0 aliphatic rings. The first-order valence-corrected chi connectivity index (χ1v) is 5.43. The number of aryl methyl sites for hydroxylation is 2. The van der Waals surface area contributed by atoms with E-state index in [1.165, 1.54) is 6.33 Å². The lowest BCUT2D eigenvalue weighted by molar-refractivity contribution is 1.11. The van der Waals surface area contributed by atoms with Crippen molar-refractivity contribution in [1.82, 2.24) is 15.0 Å². The van der Waals surface area contributed by atoms with Crippen LogP contribution in [0.5, 0.6) is 0 Å². The van der Waals surface area contributed by atoms with Gasteiger partial charge in [0.15, 0.2) is 5.82 Å². The third-order valence-corrected chi connectivity index (χ3v) is 2.67. The minimum Gasteiger partial charge on any atom is -0.382 e. The number of pyridine rings is 1. The Morgan fingerprint density at radius 2 is 2.00 bits per heavy atom. The number of nitrogens with one attached hydrogen (secondary N) is 1. The molecule has 2 rings (SSSR count). The molecular formula is C11H12ClN5. The van der Waals surface area contributed by atoms with Gasteiger partial charge in [0.25, 0.3) is 0 Å². The Balaban J connectivity index is 2.35. The van der Waals surface area contributed by atoms with Crippen LogP contribution in [-0.2, 0) is 0 Å². The highest BCUT2D eigenvalue weighted by molar-refractivity contribution is 6.35. The largest absolute Gasteiger partial charge is 0.382 e. The zero-order valence-corrected chi connectivity index (χ0v) is 10.3. The van der Waals surface area contributed by atoms with Gasteiger partial charge in [-0.3, -0.25) is 4.98 Å². The van der Waals surface area contributed by atoms with Crippen molar-refractivity contribution < 1.29 is 0 Å². The summed E-state index contributed by atoms with van der Waals surface area (Å²) in [5, 5.41) is 3.40. The number of nitrogen functional groups attached to an aromatic ring is 1. The second-order valence-electron chi connectivity index (χ2n) is 3.63. The van der Waals surface area contributed by atoms with Crippen molar-refractivity contribution in [1.29, 1.82) is 0 Å². The zero-order chi connectivity index (χ0) is 12.4. The Kier molecular flexibility index (Phi) is 3.10. The predicted octanol–water partition coefficient (Wildman–Crippen LogP) is 2.47. The molecule has 0 amide bonds. The van der Waals surface area contributed by atoms with Crippen LogP contribution in [-0.4, -0.2) is 15.0 Å². The summed E-state index contributed by atoms with van der Waals surface area (Å²) >= 11 is 5.99. The molecule has 3 N–H and O–H groups in total. The zero-order valence-electron chi connectivity index (χ0n) is 9.53. The standard InChI is InChI=1S/C11H12ClN5/c1-6-3-4-8(7(2)16-6)17-11-9(12)10(13)14-5-15-11/h3-5H,1-2H3,(H3,13,14,15,17). The predicted molar refractivity (Wildman–Crippen MR) is 68.4 cm³/mol. The summed E-state index contributed by atoms with van der Waals surface area (Å²) in [6.07, 6.45) is 1.36. The summed E-state index contributed by atoms with van der Waals surface area (Å²) in [7, 11) is 0. The fourth-order valence-corrected chi connectivity index (χ4v) is 1.56. The fraction of sp³-hybridized carbons (Fsp3) is 0.182. The van der Waals surface area contributed by atoms with Gasteiger partial charge in [-0.15, -0.1) is 0 Å². The van der Waals surface area contributed by atoms with E-state index < -0.39 is 0 Å². The molecule has 5 nitrogen and oxygen atoms in total. The normalized spacial score (nSPS) is 10.3. The minimum absolute atomic E-state index is 0.252. The SMILES string of the molecule is Cc1ccc(Nc2ncnc(N)c2Cl)c(C)n1. The highest BCUT2D eigenvalue weighted by Gasteiger charge is 2.08. The van der Waals surface area contributed by atoms with Gasteiger partial charge >= 0.3 is 0 Å². The number of nitrogens with two attached hydrogens (primary N) is 1. The molecule has 0 unspecified atom stereocenters. The van der Waals surface area contributed by atoms with E-state index in [9.17, 15) is 0 Å². The third kappa shape index (κ3) is 2.45. The lowest BCUT2D eigenvalue weighted by atomic mass is 10.2. The first-order chi connectivity index (χ1) is 8.08. The van der Waals surface area contributed by atoms with Crippen molar-refractivity contribution in [2.24, 2.45) is 0 Å². The molecule has 2 aromatic heterocycles. The van der Waals surface area contributed by atoms with Crippen LogP contribution in [0.1, 0.15) is 11.4 Å². The number of nitrogens with zero attached hydrogens (tertiary/aromatic N) is 3. The summed E-state index contributed by atoms with van der Waals surface area (Å²) in [4.78, 5) is 12.2. The first kappa shape index (κ1) is 11.6. The van der Waals surface area contributed by atoms with Gasteiger partial charge in [0.2, 0.25) is 0 Å². The first-order valence-electron chi connectivity index (χ1n) is 5.05. The second kappa shape index (κ2) is 4.55. The number of rotatable bonds is 2. The molecule has 0 saturated carbocycles. The van der Waals surface area contributed by atoms with Gasteiger partial charge in [0, 0.05) is 5.69 Å². The maximum Gasteiger partial charge on any atom is 0.154 e. The maximum atomic E-state index is 5.99. The molecule has 0 spiro atoms. The van der Waals surface area contributed by atoms with Crippen molar-refractivity contribution in [2.75, 3.05) is 11.1 Å². The highest BCUT2D eigenvalue weighted by Crippen LogP contribution is 2.27. The number of hydrogen-bond acceptors (Lipinski definition) is 5. The number of aromatic nitrogens is 3. The molecule has 0 bridgehead atoms. The Labute approximate surface area is 104 Å². The van der Waals surface area contributed by atoms with E-state index in [0.29, 0.717) is 10.8 Å². The molecule has 6 heteroatoms. The van der Waals surface area contributed by atoms with Gasteiger partial charge in [-0.25, -0.2) is 9.97 Å². The number of hydrogen-bond donors (Lipinski definition) is 2. The molecule has 0 atom stereocenters. The summed E-state index contributed by atoms with van der Waals surface area (Å²) in [5.41, 5.74) is 8.27. The van der Waals surface area contributed by atoms with Crippen LogP contribution < -0.4 is 11.1 Å². The van der Waals surface area contributed by atoms with E-state index in [0.717, 1.165) is 17.1 Å². The van der Waals surface area contributed by atoms with E-state index in [-0.39, 0.29) is 5.82 Å². The van der Waals surface area contributed by atoms with Gasteiger partial charge in [-0.1, -0.05) is 11.6 Å². The summed E-state index contributed by atoms with van der Waals surface area (Å²) in [5.74, 6) is 0.731. The van der Waals surface area contributed by atoms with Crippen LogP contribution >= 0.6 is 11.6 Å². The van der Waals surface area contributed by atoms with Crippen LogP contribution in [0.25, 0.3) is 0 Å². The van der Waals surface area contributed by atoms with E-state index >= 15 is 0 Å². The van der Waals surface area contributed by atoms with Gasteiger partial charge in [0.1, 0.15) is 17.2 Å². The fourth-order valence-electron chi connectivity index (χ4n) is 1.42. The van der Waals surface area contributed by atoms with Gasteiger partial charge in [-0.2, -0.15) is 0 Å². The lowest BCUT2D eigenvalue weighted by Crippen LogP contribution is -2.01. The van der Waals surface area contributed by atoms with Crippen LogP contribution in [0.4, 0.5) is 17.3 Å². The molecule has 0 aromatic carbocycles. The summed E-state index contributed by atoms with van der Waals surface area (Å²) < 4.78 is 0. The van der Waals surface area contributed by atoms with Crippen LogP contribution in [0.2, 0.25) is 5.02 Å². The Morgan fingerprint density at radius 1 is 1.24 bits per heavy atom. The molecule has 0 saturated heterocycles. The highest BCUT2D eigenvalue weighted by atomic mass is 35.5. The van der Waals surface area contributed by atoms with E-state index in [4.69, 9.17) is 17.3 Å². The van der Waals surface area contributed by atoms with E-state index in [2.05, 4.69) is 20.3 Å². The molecule has 0 aliphatic heterocycles. The monoisotopic (exact) mass is 249 g/mol. The minimum atomic E-state index is 0.252. The van der Waals surface area contributed by atoms with Crippen LogP contribution in [0.15, 0.2) is 18.5 Å². The average molecular weight is 250 g/mol. The van der Waals surface area contributed by atoms with Crippen molar-refractivity contribution >= 4 is 28.9 Å². The van der Waals surface area contributed by atoms with Gasteiger partial charge in [-0.05, 0) is 26.0 Å². The van der Waals surface area contributed by atoms with Crippen molar-refractivity contribution in [3.05, 3.63) is 34.9 Å². The quantitative estimate of drug-likeness (QED) is 0.855. The topological polar surface area (TPSA) is 76.7 Å². The van der Waals surface area contributed by atoms with Crippen molar-refractivity contribution in [2.45, 2.75) is 13.8 Å². The molecule has 0 radical (unpaired) electrons. The molecule has 2 heterocycles.